The Morgan fingerprint density at radius 1 is 1.11 bits per heavy atom. The molecule has 0 radical (unpaired) electrons. The minimum atomic E-state index is -0.332. The number of carbonyl (C=O) groups is 1. The summed E-state index contributed by atoms with van der Waals surface area (Å²) in [5.74, 6) is 1.11. The number of benzene rings is 1. The Labute approximate surface area is 105 Å². The van der Waals surface area contributed by atoms with Gasteiger partial charge in [-0.25, -0.2) is 4.39 Å². The normalized spacial score (nSPS) is 10.4. The highest BCUT2D eigenvalue weighted by Gasteiger charge is 2.19. The Balaban J connectivity index is 2.51. The summed E-state index contributed by atoms with van der Waals surface area (Å²) >= 11 is 0. The molecule has 2 rings (SSSR count). The van der Waals surface area contributed by atoms with Crippen molar-refractivity contribution in [3.05, 3.63) is 47.2 Å². The fourth-order valence-corrected chi connectivity index (χ4v) is 1.98. The Morgan fingerprint density at radius 2 is 1.72 bits per heavy atom. The first-order chi connectivity index (χ1) is 8.54. The van der Waals surface area contributed by atoms with Crippen LogP contribution in [0.5, 0.6) is 0 Å². The van der Waals surface area contributed by atoms with Gasteiger partial charge in [0.2, 0.25) is 6.41 Å². The van der Waals surface area contributed by atoms with E-state index in [1.54, 1.807) is 19.1 Å². The number of rotatable bonds is 3. The van der Waals surface area contributed by atoms with E-state index in [0.717, 1.165) is 11.3 Å². The van der Waals surface area contributed by atoms with Gasteiger partial charge >= 0.3 is 0 Å². The van der Waals surface area contributed by atoms with Crippen LogP contribution < -0.4 is 4.90 Å². The molecule has 0 atom stereocenters. The molecule has 2 aromatic rings. The third-order valence-electron chi connectivity index (χ3n) is 2.97. The molecule has 4 heteroatoms. The number of hydrogen-bond donors (Lipinski definition) is 0. The fourth-order valence-electron chi connectivity index (χ4n) is 1.98. The second-order valence-corrected chi connectivity index (χ2v) is 4.14. The van der Waals surface area contributed by atoms with Crippen molar-refractivity contribution in [1.82, 2.24) is 0 Å². The van der Waals surface area contributed by atoms with E-state index in [1.165, 1.54) is 17.0 Å². The lowest BCUT2D eigenvalue weighted by molar-refractivity contribution is -0.106. The van der Waals surface area contributed by atoms with Crippen LogP contribution >= 0.6 is 0 Å². The van der Waals surface area contributed by atoms with Crippen LogP contribution in [0.25, 0.3) is 0 Å². The lowest BCUT2D eigenvalue weighted by atomic mass is 10.2. The van der Waals surface area contributed by atoms with E-state index < -0.39 is 0 Å². The molecule has 0 saturated heterocycles. The molecule has 0 aliphatic rings. The van der Waals surface area contributed by atoms with Crippen molar-refractivity contribution >= 4 is 17.8 Å². The van der Waals surface area contributed by atoms with Gasteiger partial charge in [0.1, 0.15) is 17.3 Å². The van der Waals surface area contributed by atoms with Crippen LogP contribution in [0.3, 0.4) is 0 Å². The summed E-state index contributed by atoms with van der Waals surface area (Å²) in [7, 11) is 0. The van der Waals surface area contributed by atoms with Crippen molar-refractivity contribution < 1.29 is 13.6 Å². The van der Waals surface area contributed by atoms with Crippen LogP contribution in [0.2, 0.25) is 0 Å². The summed E-state index contributed by atoms with van der Waals surface area (Å²) < 4.78 is 18.4. The molecule has 1 aromatic carbocycles. The van der Waals surface area contributed by atoms with Gasteiger partial charge in [-0.1, -0.05) is 0 Å². The molecule has 0 spiro atoms. The van der Waals surface area contributed by atoms with Crippen LogP contribution in [-0.2, 0) is 4.79 Å². The van der Waals surface area contributed by atoms with E-state index in [9.17, 15) is 9.18 Å². The second-order valence-electron chi connectivity index (χ2n) is 4.14. The van der Waals surface area contributed by atoms with Crippen LogP contribution in [0.4, 0.5) is 15.8 Å². The molecule has 1 heterocycles. The van der Waals surface area contributed by atoms with Crippen molar-refractivity contribution in [2.24, 2.45) is 0 Å². The summed E-state index contributed by atoms with van der Waals surface area (Å²) in [6, 6.07) is 5.77. The number of nitrogens with zero attached hydrogens (tertiary/aromatic N) is 1. The maximum absolute atomic E-state index is 12.9. The van der Waals surface area contributed by atoms with Gasteiger partial charge in [-0.05, 0) is 45.0 Å². The van der Waals surface area contributed by atoms with E-state index in [-0.39, 0.29) is 5.82 Å². The lowest BCUT2D eigenvalue weighted by Gasteiger charge is -2.17. The molecule has 3 nitrogen and oxygen atoms in total. The number of aryl methyl sites for hydroxylation is 2. The van der Waals surface area contributed by atoms with E-state index in [0.29, 0.717) is 23.5 Å². The van der Waals surface area contributed by atoms with Gasteiger partial charge in [-0.15, -0.1) is 0 Å². The average molecular weight is 247 g/mol. The molecule has 0 aliphatic carbocycles. The molecule has 0 bridgehead atoms. The third-order valence-corrected chi connectivity index (χ3v) is 2.97. The zero-order chi connectivity index (χ0) is 13.3. The summed E-state index contributed by atoms with van der Waals surface area (Å²) in [6.45, 7) is 5.54. The Kier molecular flexibility index (Phi) is 3.19. The van der Waals surface area contributed by atoms with Crippen molar-refractivity contribution in [2.75, 3.05) is 4.90 Å². The number of carbonyl (C=O) groups excluding carboxylic acids is 1. The molecule has 0 fully saturated rings. The molecule has 0 N–H and O–H groups in total. The predicted octanol–water partition coefficient (Wildman–Crippen LogP) is 3.64. The van der Waals surface area contributed by atoms with E-state index in [4.69, 9.17) is 4.42 Å². The van der Waals surface area contributed by atoms with Gasteiger partial charge in [0, 0.05) is 11.3 Å². The number of anilines is 2. The van der Waals surface area contributed by atoms with E-state index >= 15 is 0 Å². The molecule has 0 saturated carbocycles. The molecule has 0 aliphatic heterocycles. The summed E-state index contributed by atoms with van der Waals surface area (Å²) in [4.78, 5) is 12.8. The lowest BCUT2D eigenvalue weighted by Crippen LogP contribution is -2.15. The minimum absolute atomic E-state index is 0.332. The summed E-state index contributed by atoms with van der Waals surface area (Å²) in [6.07, 6.45) is 0.706. The second kappa shape index (κ2) is 4.64. The first kappa shape index (κ1) is 12.4. The molecule has 0 unspecified atom stereocenters. The number of furan rings is 1. The van der Waals surface area contributed by atoms with Gasteiger partial charge in [-0.3, -0.25) is 9.69 Å². The molecule has 1 aromatic heterocycles. The monoisotopic (exact) mass is 247 g/mol. The average Bonchev–Trinajstić information content (AvgIpc) is 2.59. The Hall–Kier alpha value is -2.10. The van der Waals surface area contributed by atoms with E-state index in [2.05, 4.69) is 0 Å². The number of amides is 1. The Morgan fingerprint density at radius 3 is 2.17 bits per heavy atom. The number of halogens is 1. The SMILES string of the molecule is Cc1oc(C)c(N(C=O)c2ccc(F)cc2)c1C. The van der Waals surface area contributed by atoms with Gasteiger partial charge in [0.25, 0.3) is 0 Å². The highest BCUT2D eigenvalue weighted by atomic mass is 19.1. The maximum Gasteiger partial charge on any atom is 0.218 e. The van der Waals surface area contributed by atoms with E-state index in [1.807, 2.05) is 13.8 Å². The minimum Gasteiger partial charge on any atom is -0.464 e. The highest BCUT2D eigenvalue weighted by molar-refractivity contribution is 5.88. The topological polar surface area (TPSA) is 33.5 Å². The molecule has 94 valence electrons. The van der Waals surface area contributed by atoms with Crippen LogP contribution in [0.15, 0.2) is 28.7 Å². The first-order valence-electron chi connectivity index (χ1n) is 5.61. The molecular formula is C14H14FNO2. The Bertz CT molecular complexity index is 572. The maximum atomic E-state index is 12.9. The summed E-state index contributed by atoms with van der Waals surface area (Å²) in [5.41, 5.74) is 2.23. The van der Waals surface area contributed by atoms with Crippen molar-refractivity contribution in [3.8, 4) is 0 Å². The number of hydrogen-bond acceptors (Lipinski definition) is 2. The third kappa shape index (κ3) is 2.01. The van der Waals surface area contributed by atoms with Crippen molar-refractivity contribution in [1.29, 1.82) is 0 Å². The summed E-state index contributed by atoms with van der Waals surface area (Å²) in [5, 5.41) is 0. The van der Waals surface area contributed by atoms with Gasteiger partial charge in [0.15, 0.2) is 0 Å². The zero-order valence-corrected chi connectivity index (χ0v) is 10.5. The van der Waals surface area contributed by atoms with Crippen LogP contribution in [0, 0.1) is 26.6 Å². The van der Waals surface area contributed by atoms with Crippen LogP contribution in [0.1, 0.15) is 17.1 Å². The molecular weight excluding hydrogens is 233 g/mol. The fraction of sp³-hybridized carbons (Fsp3) is 0.214. The first-order valence-corrected chi connectivity index (χ1v) is 5.61. The molecule has 18 heavy (non-hydrogen) atoms. The molecule has 1 amide bonds. The van der Waals surface area contributed by atoms with Gasteiger partial charge in [0.05, 0.1) is 5.69 Å². The van der Waals surface area contributed by atoms with Crippen LogP contribution in [-0.4, -0.2) is 6.41 Å². The quantitative estimate of drug-likeness (QED) is 0.776. The van der Waals surface area contributed by atoms with Crippen molar-refractivity contribution in [2.45, 2.75) is 20.8 Å². The smallest absolute Gasteiger partial charge is 0.218 e. The van der Waals surface area contributed by atoms with Crippen molar-refractivity contribution in [3.63, 3.8) is 0 Å². The van der Waals surface area contributed by atoms with Gasteiger partial charge < -0.3 is 4.42 Å². The van der Waals surface area contributed by atoms with Gasteiger partial charge in [-0.2, -0.15) is 0 Å². The standard InChI is InChI=1S/C14H14FNO2/c1-9-10(2)18-11(3)14(9)16(8-17)13-6-4-12(15)5-7-13/h4-8H,1-3H3. The predicted molar refractivity (Wildman–Crippen MR) is 67.5 cm³/mol. The highest BCUT2D eigenvalue weighted by Crippen LogP contribution is 2.33. The zero-order valence-electron chi connectivity index (χ0n) is 10.5. The largest absolute Gasteiger partial charge is 0.464 e.